The Morgan fingerprint density at radius 1 is 1.16 bits per heavy atom. The highest BCUT2D eigenvalue weighted by molar-refractivity contribution is 6.34. The molecule has 32 heavy (non-hydrogen) atoms. The first kappa shape index (κ1) is 25.3. The predicted molar refractivity (Wildman–Crippen MR) is 129 cm³/mol. The molecule has 1 saturated carbocycles. The fraction of sp³-hybridized carbons (Fsp3) is 0.458. The van der Waals surface area contributed by atoms with Crippen LogP contribution in [0.5, 0.6) is 0 Å². The topological polar surface area (TPSA) is 43.8 Å². The number of aromatic carboxylic acids is 1. The van der Waals surface area contributed by atoms with E-state index >= 15 is 0 Å². The number of hydrogen-bond donors (Lipinski definition) is 1. The van der Waals surface area contributed by atoms with Gasteiger partial charge in [-0.15, -0.1) is 12.4 Å². The second-order valence-electron chi connectivity index (χ2n) is 8.81. The van der Waals surface area contributed by atoms with Crippen molar-refractivity contribution in [1.82, 2.24) is 9.80 Å². The van der Waals surface area contributed by atoms with Crippen LogP contribution in [0.25, 0.3) is 0 Å². The van der Waals surface area contributed by atoms with Crippen molar-refractivity contribution in [2.24, 2.45) is 0 Å². The van der Waals surface area contributed by atoms with Crippen molar-refractivity contribution >= 4 is 41.6 Å². The van der Waals surface area contributed by atoms with E-state index in [9.17, 15) is 14.3 Å². The van der Waals surface area contributed by atoms with Crippen molar-refractivity contribution < 1.29 is 14.3 Å². The van der Waals surface area contributed by atoms with Crippen molar-refractivity contribution in [2.45, 2.75) is 51.2 Å². The molecule has 0 aromatic heterocycles. The number of hydrogen-bond acceptors (Lipinski definition) is 3. The van der Waals surface area contributed by atoms with E-state index in [0.29, 0.717) is 28.5 Å². The van der Waals surface area contributed by atoms with Crippen LogP contribution in [0, 0.1) is 5.82 Å². The number of halogens is 4. The molecule has 1 saturated heterocycles. The molecular weight excluding hydrogens is 474 g/mol. The Morgan fingerprint density at radius 2 is 1.81 bits per heavy atom. The maximum absolute atomic E-state index is 14.4. The number of nitrogens with zero attached hydrogens (tertiary/aromatic N) is 2. The normalized spacial score (nSPS) is 20.6. The molecule has 2 aromatic rings. The standard InChI is InChI=1S/C24H27Cl2FN2O2.ClH/c1-14-12-28(5-6-29(14)15(2)17-7-19(25)10-20(26)8-17)13-18-9-23(27)22(24(30)31)11-21(18)16-3-4-16;/h7-11,14-16H,3-6,12-13H2,1-2H3,(H,30,31);1H/t14-,15+;/m1./s1. The summed E-state index contributed by atoms with van der Waals surface area (Å²) in [5.41, 5.74) is 2.79. The average Bonchev–Trinajstić information content (AvgIpc) is 3.52. The number of carboxylic acids is 1. The minimum absolute atomic E-state index is 0. The van der Waals surface area contributed by atoms with E-state index in [1.54, 1.807) is 12.1 Å². The summed E-state index contributed by atoms with van der Waals surface area (Å²) in [5.74, 6) is -1.49. The average molecular weight is 502 g/mol. The highest BCUT2D eigenvalue weighted by Gasteiger charge is 2.31. The molecule has 0 unspecified atom stereocenters. The fourth-order valence-electron chi connectivity index (χ4n) is 4.72. The second-order valence-corrected chi connectivity index (χ2v) is 9.68. The largest absolute Gasteiger partial charge is 0.478 e. The maximum Gasteiger partial charge on any atom is 0.338 e. The number of rotatable bonds is 6. The van der Waals surface area contributed by atoms with Gasteiger partial charge in [0.15, 0.2) is 0 Å². The Bertz CT molecular complexity index is 979. The van der Waals surface area contributed by atoms with Crippen molar-refractivity contribution in [3.8, 4) is 0 Å². The fourth-order valence-corrected chi connectivity index (χ4v) is 5.26. The van der Waals surface area contributed by atoms with Crippen LogP contribution in [0.1, 0.15) is 65.7 Å². The summed E-state index contributed by atoms with van der Waals surface area (Å²) >= 11 is 12.4. The summed E-state index contributed by atoms with van der Waals surface area (Å²) in [4.78, 5) is 16.1. The Kier molecular flexibility index (Phi) is 8.11. The summed E-state index contributed by atoms with van der Waals surface area (Å²) in [7, 11) is 0. The van der Waals surface area contributed by atoms with Gasteiger partial charge in [-0.1, -0.05) is 23.2 Å². The van der Waals surface area contributed by atoms with Crippen LogP contribution < -0.4 is 0 Å². The molecule has 4 rings (SSSR count). The first-order chi connectivity index (χ1) is 14.7. The lowest BCUT2D eigenvalue weighted by atomic mass is 9.98. The Morgan fingerprint density at radius 3 is 2.38 bits per heavy atom. The molecule has 0 spiro atoms. The molecule has 4 nitrogen and oxygen atoms in total. The molecule has 174 valence electrons. The first-order valence-electron chi connectivity index (χ1n) is 10.7. The van der Waals surface area contributed by atoms with Crippen LogP contribution in [-0.4, -0.2) is 46.6 Å². The molecule has 1 aliphatic carbocycles. The lowest BCUT2D eigenvalue weighted by Gasteiger charge is -2.43. The van der Waals surface area contributed by atoms with E-state index in [1.165, 1.54) is 6.07 Å². The Hall–Kier alpha value is -1.37. The van der Waals surface area contributed by atoms with Gasteiger partial charge in [0, 0.05) is 48.3 Å². The van der Waals surface area contributed by atoms with Gasteiger partial charge in [-0.25, -0.2) is 9.18 Å². The third-order valence-electron chi connectivity index (χ3n) is 6.50. The molecule has 2 atom stereocenters. The van der Waals surface area contributed by atoms with Crippen LogP contribution in [0.3, 0.4) is 0 Å². The predicted octanol–water partition coefficient (Wildman–Crippen LogP) is 6.40. The van der Waals surface area contributed by atoms with E-state index in [-0.39, 0.29) is 24.0 Å². The number of carbonyl (C=O) groups is 1. The molecule has 8 heteroatoms. The third-order valence-corrected chi connectivity index (χ3v) is 6.93. The van der Waals surface area contributed by atoms with Crippen LogP contribution in [0.2, 0.25) is 10.0 Å². The summed E-state index contributed by atoms with van der Waals surface area (Å²) in [6.45, 7) is 7.59. The summed E-state index contributed by atoms with van der Waals surface area (Å²) in [6, 6.07) is 9.14. The van der Waals surface area contributed by atoms with Crippen LogP contribution in [0.4, 0.5) is 4.39 Å². The number of carboxylic acid groups (broad SMARTS) is 1. The van der Waals surface area contributed by atoms with Gasteiger partial charge in [0.05, 0.1) is 5.56 Å². The molecule has 0 radical (unpaired) electrons. The summed E-state index contributed by atoms with van der Waals surface area (Å²) in [5, 5.41) is 10.6. The zero-order valence-corrected chi connectivity index (χ0v) is 20.5. The van der Waals surface area contributed by atoms with Gasteiger partial charge in [-0.3, -0.25) is 9.80 Å². The minimum atomic E-state index is -1.21. The van der Waals surface area contributed by atoms with Crippen LogP contribution >= 0.6 is 35.6 Å². The number of benzene rings is 2. The van der Waals surface area contributed by atoms with Crippen molar-refractivity contribution in [1.29, 1.82) is 0 Å². The van der Waals surface area contributed by atoms with E-state index in [0.717, 1.165) is 49.2 Å². The smallest absolute Gasteiger partial charge is 0.338 e. The monoisotopic (exact) mass is 500 g/mol. The molecule has 0 amide bonds. The molecular formula is C24H28Cl3FN2O2. The van der Waals surface area contributed by atoms with E-state index in [4.69, 9.17) is 23.2 Å². The highest BCUT2D eigenvalue weighted by atomic mass is 35.5. The lowest BCUT2D eigenvalue weighted by molar-refractivity contribution is 0.0503. The second kappa shape index (κ2) is 10.3. The number of piperazine rings is 1. The van der Waals surface area contributed by atoms with E-state index < -0.39 is 11.8 Å². The Labute approximate surface area is 204 Å². The molecule has 1 heterocycles. The molecule has 1 aliphatic heterocycles. The van der Waals surface area contributed by atoms with Crippen molar-refractivity contribution in [3.05, 3.63) is 68.4 Å². The molecule has 2 aliphatic rings. The zero-order chi connectivity index (χ0) is 22.3. The first-order valence-corrected chi connectivity index (χ1v) is 11.5. The van der Waals surface area contributed by atoms with E-state index in [1.807, 2.05) is 12.1 Å². The van der Waals surface area contributed by atoms with Gasteiger partial charge in [0.2, 0.25) is 0 Å². The van der Waals surface area contributed by atoms with Gasteiger partial charge < -0.3 is 5.11 Å². The Balaban J connectivity index is 0.00000289. The van der Waals surface area contributed by atoms with Crippen LogP contribution in [-0.2, 0) is 6.54 Å². The van der Waals surface area contributed by atoms with Gasteiger partial charge in [0.25, 0.3) is 0 Å². The van der Waals surface area contributed by atoms with Gasteiger partial charge in [-0.05, 0) is 79.6 Å². The van der Waals surface area contributed by atoms with Gasteiger partial charge in [0.1, 0.15) is 5.82 Å². The van der Waals surface area contributed by atoms with Gasteiger partial charge >= 0.3 is 5.97 Å². The molecule has 0 bridgehead atoms. The van der Waals surface area contributed by atoms with Crippen molar-refractivity contribution in [3.63, 3.8) is 0 Å². The third kappa shape index (κ3) is 5.57. The maximum atomic E-state index is 14.4. The zero-order valence-electron chi connectivity index (χ0n) is 18.2. The van der Waals surface area contributed by atoms with Crippen LogP contribution in [0.15, 0.2) is 30.3 Å². The molecule has 2 fully saturated rings. The van der Waals surface area contributed by atoms with Crippen molar-refractivity contribution in [2.75, 3.05) is 19.6 Å². The summed E-state index contributed by atoms with van der Waals surface area (Å²) < 4.78 is 14.4. The quantitative estimate of drug-likeness (QED) is 0.497. The highest BCUT2D eigenvalue weighted by Crippen LogP contribution is 2.43. The SMILES string of the molecule is C[C@@H]1CN(Cc2cc(F)c(C(=O)O)cc2C2CC2)CCN1[C@@H](C)c1cc(Cl)cc(Cl)c1.Cl. The van der Waals surface area contributed by atoms with Gasteiger partial charge in [-0.2, -0.15) is 0 Å². The molecule has 1 N–H and O–H groups in total. The summed E-state index contributed by atoms with van der Waals surface area (Å²) in [6.07, 6.45) is 2.09. The lowest BCUT2D eigenvalue weighted by Crippen LogP contribution is -2.52. The minimum Gasteiger partial charge on any atom is -0.478 e. The van der Waals surface area contributed by atoms with E-state index in [2.05, 4.69) is 23.6 Å². The molecule has 2 aromatic carbocycles.